The highest BCUT2D eigenvalue weighted by molar-refractivity contribution is 5.94. The Morgan fingerprint density at radius 2 is 1.68 bits per heavy atom. The predicted octanol–water partition coefficient (Wildman–Crippen LogP) is 3.19. The van der Waals surface area contributed by atoms with E-state index < -0.39 is 0 Å². The average Bonchev–Trinajstić information content (AvgIpc) is 2.48. The zero-order valence-corrected chi connectivity index (χ0v) is 11.1. The number of hydrogen-bond acceptors (Lipinski definition) is 2. The molecule has 0 aliphatic carbocycles. The molecule has 1 N–H and O–H groups in total. The second-order valence-electron chi connectivity index (χ2n) is 4.33. The van der Waals surface area contributed by atoms with Gasteiger partial charge in [0.1, 0.15) is 5.75 Å². The summed E-state index contributed by atoms with van der Waals surface area (Å²) in [5, 5.41) is 2.97. The summed E-state index contributed by atoms with van der Waals surface area (Å²) in [5.74, 6) is 0.745. The van der Waals surface area contributed by atoms with Gasteiger partial charge < -0.3 is 10.1 Å². The van der Waals surface area contributed by atoms with Gasteiger partial charge in [-0.25, -0.2) is 0 Å². The Kier molecular flexibility index (Phi) is 4.18. The van der Waals surface area contributed by atoms with E-state index in [9.17, 15) is 4.79 Å². The van der Waals surface area contributed by atoms with Crippen molar-refractivity contribution >= 4 is 5.91 Å². The molecule has 3 heteroatoms. The van der Waals surface area contributed by atoms with Crippen molar-refractivity contribution in [3.05, 3.63) is 65.7 Å². The van der Waals surface area contributed by atoms with E-state index in [0.29, 0.717) is 5.56 Å². The van der Waals surface area contributed by atoms with Crippen LogP contribution >= 0.6 is 0 Å². The Morgan fingerprint density at radius 3 is 2.26 bits per heavy atom. The molecule has 0 aliphatic rings. The first-order chi connectivity index (χ1) is 9.20. The Balaban J connectivity index is 2.04. The summed E-state index contributed by atoms with van der Waals surface area (Å²) in [7, 11) is 1.63. The SMILES string of the molecule is COc1ccc([C@H](C)NC(=O)c2ccccc2)cc1. The Morgan fingerprint density at radius 1 is 1.05 bits per heavy atom. The normalized spacial score (nSPS) is 11.7. The fraction of sp³-hybridized carbons (Fsp3) is 0.188. The molecule has 19 heavy (non-hydrogen) atoms. The van der Waals surface area contributed by atoms with E-state index in [1.165, 1.54) is 0 Å². The van der Waals surface area contributed by atoms with Crippen molar-refractivity contribution in [3.63, 3.8) is 0 Å². The van der Waals surface area contributed by atoms with E-state index >= 15 is 0 Å². The number of rotatable bonds is 4. The van der Waals surface area contributed by atoms with Crippen LogP contribution in [0.15, 0.2) is 54.6 Å². The van der Waals surface area contributed by atoms with E-state index in [4.69, 9.17) is 4.74 Å². The molecule has 0 fully saturated rings. The molecule has 0 spiro atoms. The van der Waals surface area contributed by atoms with Gasteiger partial charge in [0.2, 0.25) is 0 Å². The van der Waals surface area contributed by atoms with Crippen LogP contribution in [0.5, 0.6) is 5.75 Å². The summed E-state index contributed by atoms with van der Waals surface area (Å²) in [6.45, 7) is 1.96. The topological polar surface area (TPSA) is 38.3 Å². The molecule has 0 aromatic heterocycles. The zero-order valence-electron chi connectivity index (χ0n) is 11.1. The van der Waals surface area contributed by atoms with Crippen LogP contribution in [0, 0.1) is 0 Å². The van der Waals surface area contributed by atoms with Gasteiger partial charge in [-0.2, -0.15) is 0 Å². The fourth-order valence-electron chi connectivity index (χ4n) is 1.85. The van der Waals surface area contributed by atoms with Gasteiger partial charge in [-0.3, -0.25) is 4.79 Å². The second kappa shape index (κ2) is 6.05. The maximum absolute atomic E-state index is 12.0. The third-order valence-electron chi connectivity index (χ3n) is 3.00. The molecule has 2 rings (SSSR count). The lowest BCUT2D eigenvalue weighted by Crippen LogP contribution is -2.26. The molecule has 0 unspecified atom stereocenters. The number of amides is 1. The van der Waals surface area contributed by atoms with Gasteiger partial charge in [-0.15, -0.1) is 0 Å². The fourth-order valence-corrected chi connectivity index (χ4v) is 1.85. The van der Waals surface area contributed by atoms with Crippen molar-refractivity contribution in [2.24, 2.45) is 0 Å². The monoisotopic (exact) mass is 255 g/mol. The molecule has 1 amide bonds. The van der Waals surface area contributed by atoms with Crippen LogP contribution in [0.1, 0.15) is 28.9 Å². The summed E-state index contributed by atoms with van der Waals surface area (Å²) >= 11 is 0. The van der Waals surface area contributed by atoms with Crippen molar-refractivity contribution in [1.82, 2.24) is 5.32 Å². The van der Waals surface area contributed by atoms with Gasteiger partial charge in [-0.1, -0.05) is 30.3 Å². The van der Waals surface area contributed by atoms with E-state index in [0.717, 1.165) is 11.3 Å². The summed E-state index contributed by atoms with van der Waals surface area (Å²) in [5.41, 5.74) is 1.72. The molecule has 0 saturated heterocycles. The number of carbonyl (C=O) groups excluding carboxylic acids is 1. The van der Waals surface area contributed by atoms with Crippen molar-refractivity contribution in [1.29, 1.82) is 0 Å². The summed E-state index contributed by atoms with van der Waals surface area (Å²) in [4.78, 5) is 12.0. The molecule has 0 bridgehead atoms. The van der Waals surface area contributed by atoms with Crippen molar-refractivity contribution in [2.45, 2.75) is 13.0 Å². The lowest BCUT2D eigenvalue weighted by Gasteiger charge is -2.14. The Labute approximate surface area is 113 Å². The first kappa shape index (κ1) is 13.1. The van der Waals surface area contributed by atoms with Gasteiger partial charge >= 0.3 is 0 Å². The maximum Gasteiger partial charge on any atom is 0.251 e. The number of nitrogens with one attached hydrogen (secondary N) is 1. The molecular formula is C16H17NO2. The largest absolute Gasteiger partial charge is 0.497 e. The highest BCUT2D eigenvalue weighted by atomic mass is 16.5. The molecular weight excluding hydrogens is 238 g/mol. The molecule has 3 nitrogen and oxygen atoms in total. The molecule has 2 aromatic rings. The standard InChI is InChI=1S/C16H17NO2/c1-12(13-8-10-15(19-2)11-9-13)17-16(18)14-6-4-3-5-7-14/h3-12H,1-2H3,(H,17,18)/t12-/m0/s1. The predicted molar refractivity (Wildman–Crippen MR) is 75.3 cm³/mol. The summed E-state index contributed by atoms with van der Waals surface area (Å²) in [6, 6.07) is 16.8. The minimum atomic E-state index is -0.0658. The molecule has 98 valence electrons. The summed E-state index contributed by atoms with van der Waals surface area (Å²) < 4.78 is 5.11. The Hall–Kier alpha value is -2.29. The van der Waals surface area contributed by atoms with Crippen molar-refractivity contribution in [2.75, 3.05) is 7.11 Å². The molecule has 0 radical (unpaired) electrons. The maximum atomic E-state index is 12.0. The van der Waals surface area contributed by atoms with Gasteiger partial charge in [0.25, 0.3) is 5.91 Å². The van der Waals surface area contributed by atoms with Crippen LogP contribution in [0.4, 0.5) is 0 Å². The molecule has 2 aromatic carbocycles. The highest BCUT2D eigenvalue weighted by Crippen LogP contribution is 2.17. The molecule has 0 saturated carbocycles. The summed E-state index contributed by atoms with van der Waals surface area (Å²) in [6.07, 6.45) is 0. The first-order valence-electron chi connectivity index (χ1n) is 6.20. The molecule has 0 heterocycles. The first-order valence-corrected chi connectivity index (χ1v) is 6.20. The third kappa shape index (κ3) is 3.35. The quantitative estimate of drug-likeness (QED) is 0.911. The van der Waals surface area contributed by atoms with Crippen molar-refractivity contribution < 1.29 is 9.53 Å². The van der Waals surface area contributed by atoms with Gasteiger partial charge in [0, 0.05) is 5.56 Å². The van der Waals surface area contributed by atoms with E-state index in [2.05, 4.69) is 5.32 Å². The second-order valence-corrected chi connectivity index (χ2v) is 4.33. The smallest absolute Gasteiger partial charge is 0.251 e. The van der Waals surface area contributed by atoms with E-state index in [1.807, 2.05) is 49.4 Å². The molecule has 0 aliphatic heterocycles. The van der Waals surface area contributed by atoms with Gasteiger partial charge in [0.15, 0.2) is 0 Å². The zero-order chi connectivity index (χ0) is 13.7. The number of hydrogen-bond donors (Lipinski definition) is 1. The Bertz CT molecular complexity index is 534. The lowest BCUT2D eigenvalue weighted by atomic mass is 10.1. The average molecular weight is 255 g/mol. The molecule has 1 atom stereocenters. The van der Waals surface area contributed by atoms with Crippen LogP contribution in [-0.4, -0.2) is 13.0 Å². The number of carbonyl (C=O) groups is 1. The van der Waals surface area contributed by atoms with Crippen LogP contribution < -0.4 is 10.1 Å². The van der Waals surface area contributed by atoms with Crippen LogP contribution in [-0.2, 0) is 0 Å². The highest BCUT2D eigenvalue weighted by Gasteiger charge is 2.10. The number of methoxy groups -OCH3 is 1. The number of ether oxygens (including phenoxy) is 1. The van der Waals surface area contributed by atoms with Crippen LogP contribution in [0.2, 0.25) is 0 Å². The van der Waals surface area contributed by atoms with Crippen molar-refractivity contribution in [3.8, 4) is 5.75 Å². The van der Waals surface area contributed by atoms with Gasteiger partial charge in [-0.05, 0) is 36.8 Å². The number of benzene rings is 2. The minimum Gasteiger partial charge on any atom is -0.497 e. The minimum absolute atomic E-state index is 0.0430. The van der Waals surface area contributed by atoms with E-state index in [1.54, 1.807) is 19.2 Å². The lowest BCUT2D eigenvalue weighted by molar-refractivity contribution is 0.0940. The van der Waals surface area contributed by atoms with Crippen LogP contribution in [0.25, 0.3) is 0 Å². The third-order valence-corrected chi connectivity index (χ3v) is 3.00. The van der Waals surface area contributed by atoms with E-state index in [-0.39, 0.29) is 11.9 Å². The van der Waals surface area contributed by atoms with Crippen LogP contribution in [0.3, 0.4) is 0 Å². The van der Waals surface area contributed by atoms with Gasteiger partial charge in [0.05, 0.1) is 13.2 Å².